The lowest BCUT2D eigenvalue weighted by molar-refractivity contribution is -0.189. The van der Waals surface area contributed by atoms with Gasteiger partial charge in [-0.3, -0.25) is 4.79 Å². The third-order valence-corrected chi connectivity index (χ3v) is 8.36. The topological polar surface area (TPSA) is 52.6 Å². The van der Waals surface area contributed by atoms with E-state index >= 15 is 0 Å². The molecule has 3 fully saturated rings. The molecular formula is C25H38O4. The van der Waals surface area contributed by atoms with E-state index in [0.717, 1.165) is 44.9 Å². The minimum Gasteiger partial charge on any atom is -0.456 e. The van der Waals surface area contributed by atoms with E-state index in [9.17, 15) is 9.59 Å². The van der Waals surface area contributed by atoms with Gasteiger partial charge in [-0.15, -0.1) is 0 Å². The van der Waals surface area contributed by atoms with E-state index in [1.807, 2.05) is 0 Å². The number of esters is 2. The maximum atomic E-state index is 12.9. The number of hydrogen-bond donors (Lipinski definition) is 0. The molecule has 4 rings (SSSR count). The second kappa shape index (κ2) is 9.22. The molecule has 0 heterocycles. The average Bonchev–Trinajstić information content (AvgIpc) is 3.41. The lowest BCUT2D eigenvalue weighted by atomic mass is 9.65. The molecule has 162 valence electrons. The van der Waals surface area contributed by atoms with Crippen LogP contribution in [0, 0.1) is 29.6 Å². The molecule has 0 amide bonds. The first kappa shape index (κ1) is 20.9. The minimum absolute atomic E-state index is 0.0644. The van der Waals surface area contributed by atoms with Gasteiger partial charge < -0.3 is 9.47 Å². The molecule has 0 radical (unpaired) electrons. The number of allylic oxidation sites excluding steroid dienone is 2. The summed E-state index contributed by atoms with van der Waals surface area (Å²) in [6, 6.07) is 0. The highest BCUT2D eigenvalue weighted by molar-refractivity contribution is 5.78. The lowest BCUT2D eigenvalue weighted by Gasteiger charge is -2.48. The number of carbonyl (C=O) groups is 2. The second-order valence-electron chi connectivity index (χ2n) is 9.95. The molecule has 2 bridgehead atoms. The van der Waals surface area contributed by atoms with Crippen molar-refractivity contribution >= 4 is 11.9 Å². The fourth-order valence-corrected chi connectivity index (χ4v) is 6.86. The van der Waals surface area contributed by atoms with Crippen molar-refractivity contribution in [2.24, 2.45) is 29.6 Å². The van der Waals surface area contributed by atoms with Crippen molar-refractivity contribution in [1.82, 2.24) is 0 Å². The molecule has 3 unspecified atom stereocenters. The van der Waals surface area contributed by atoms with Crippen LogP contribution in [0.15, 0.2) is 12.2 Å². The van der Waals surface area contributed by atoms with Crippen LogP contribution in [-0.4, -0.2) is 24.1 Å². The van der Waals surface area contributed by atoms with E-state index in [1.54, 1.807) is 0 Å². The summed E-state index contributed by atoms with van der Waals surface area (Å²) in [7, 11) is 0. The van der Waals surface area contributed by atoms with Crippen molar-refractivity contribution in [2.45, 2.75) is 96.0 Å². The third kappa shape index (κ3) is 4.41. The number of fused-ring (bicyclic) bond motifs is 2. The first-order valence-corrected chi connectivity index (χ1v) is 12.2. The van der Waals surface area contributed by atoms with Crippen molar-refractivity contribution < 1.29 is 19.1 Å². The van der Waals surface area contributed by atoms with Crippen molar-refractivity contribution in [3.05, 3.63) is 12.2 Å². The van der Waals surface area contributed by atoms with Gasteiger partial charge in [0.15, 0.2) is 6.61 Å². The van der Waals surface area contributed by atoms with Gasteiger partial charge in [0.2, 0.25) is 0 Å². The minimum atomic E-state index is -0.362. The number of rotatable bonds is 7. The van der Waals surface area contributed by atoms with Gasteiger partial charge >= 0.3 is 11.9 Å². The maximum absolute atomic E-state index is 12.9. The molecule has 0 aromatic heterocycles. The van der Waals surface area contributed by atoms with Crippen molar-refractivity contribution in [2.75, 3.05) is 6.61 Å². The van der Waals surface area contributed by atoms with E-state index in [1.165, 1.54) is 38.5 Å². The van der Waals surface area contributed by atoms with Crippen LogP contribution in [0.25, 0.3) is 0 Å². The Labute approximate surface area is 175 Å². The first-order valence-electron chi connectivity index (χ1n) is 12.2. The molecule has 0 aromatic rings. The van der Waals surface area contributed by atoms with Crippen LogP contribution >= 0.6 is 0 Å². The highest BCUT2D eigenvalue weighted by atomic mass is 16.6. The monoisotopic (exact) mass is 402 g/mol. The predicted molar refractivity (Wildman–Crippen MR) is 112 cm³/mol. The Morgan fingerprint density at radius 2 is 1.52 bits per heavy atom. The summed E-state index contributed by atoms with van der Waals surface area (Å²) in [5.74, 6) is 1.13. The van der Waals surface area contributed by atoms with Crippen LogP contribution in [0.4, 0.5) is 0 Å². The molecule has 0 spiro atoms. The summed E-state index contributed by atoms with van der Waals surface area (Å²) in [4.78, 5) is 25.4. The molecule has 0 aromatic carbocycles. The Bertz CT molecular complexity index is 594. The molecule has 4 nitrogen and oxygen atoms in total. The molecule has 0 saturated heterocycles. The van der Waals surface area contributed by atoms with Gasteiger partial charge in [0.05, 0.1) is 5.92 Å². The molecule has 29 heavy (non-hydrogen) atoms. The van der Waals surface area contributed by atoms with Gasteiger partial charge in [0.1, 0.15) is 5.60 Å². The van der Waals surface area contributed by atoms with E-state index < -0.39 is 0 Å². The van der Waals surface area contributed by atoms with Crippen LogP contribution < -0.4 is 0 Å². The molecule has 4 aliphatic rings. The molecule has 4 heteroatoms. The largest absolute Gasteiger partial charge is 0.456 e. The lowest BCUT2D eigenvalue weighted by Crippen LogP contribution is -2.50. The first-order chi connectivity index (χ1) is 14.1. The van der Waals surface area contributed by atoms with Crippen LogP contribution in [0.1, 0.15) is 90.4 Å². The summed E-state index contributed by atoms with van der Waals surface area (Å²) in [6.07, 6.45) is 19.4. The van der Waals surface area contributed by atoms with Gasteiger partial charge in [-0.05, 0) is 68.6 Å². The Hall–Kier alpha value is -1.32. The highest BCUT2D eigenvalue weighted by Gasteiger charge is 2.48. The highest BCUT2D eigenvalue weighted by Crippen LogP contribution is 2.47. The Balaban J connectivity index is 1.38. The maximum Gasteiger partial charge on any atom is 0.344 e. The second-order valence-corrected chi connectivity index (χ2v) is 9.95. The summed E-state index contributed by atoms with van der Waals surface area (Å²) in [5, 5.41) is 0. The molecule has 4 aliphatic carbocycles. The normalized spacial score (nSPS) is 30.4. The summed E-state index contributed by atoms with van der Waals surface area (Å²) < 4.78 is 11.8. The quantitative estimate of drug-likeness (QED) is 0.411. The van der Waals surface area contributed by atoms with Crippen molar-refractivity contribution in [3.63, 3.8) is 0 Å². The zero-order chi connectivity index (χ0) is 20.3. The molecule has 0 N–H and O–H groups in total. The fourth-order valence-electron chi connectivity index (χ4n) is 6.86. The smallest absolute Gasteiger partial charge is 0.344 e. The number of ether oxygens (including phenoxy) is 2. The molecular weight excluding hydrogens is 364 g/mol. The van der Waals surface area contributed by atoms with Gasteiger partial charge in [-0.1, -0.05) is 57.6 Å². The van der Waals surface area contributed by atoms with E-state index in [0.29, 0.717) is 23.7 Å². The third-order valence-electron chi connectivity index (χ3n) is 8.36. The number of hydrogen-bond acceptors (Lipinski definition) is 4. The molecule has 3 atom stereocenters. The SMILES string of the molecule is CCC(OC(=O)COC(=O)C1CC2C=CC1C2)(C1CCCCC1)C1CCCCC1. The zero-order valence-corrected chi connectivity index (χ0v) is 18.1. The predicted octanol–water partition coefficient (Wildman–Crippen LogP) is 5.59. The van der Waals surface area contributed by atoms with Gasteiger partial charge in [-0.2, -0.15) is 0 Å². The average molecular weight is 403 g/mol. The summed E-state index contributed by atoms with van der Waals surface area (Å²) in [5.41, 5.74) is -0.362. The summed E-state index contributed by atoms with van der Waals surface area (Å²) in [6.45, 7) is 1.96. The standard InChI is InChI=1S/C25H38O4/c1-2-25(20-9-5-3-6-10-20,21-11-7-4-8-12-21)29-23(26)17-28-24(27)22-16-18-13-14-19(22)15-18/h13-14,18-22H,2-12,15-17H2,1H3. The van der Waals surface area contributed by atoms with Crippen LogP contribution in [0.2, 0.25) is 0 Å². The van der Waals surface area contributed by atoms with Crippen molar-refractivity contribution in [3.8, 4) is 0 Å². The van der Waals surface area contributed by atoms with Gasteiger partial charge in [0.25, 0.3) is 0 Å². The van der Waals surface area contributed by atoms with E-state index in [-0.39, 0.29) is 30.1 Å². The Morgan fingerprint density at radius 1 is 0.897 bits per heavy atom. The fraction of sp³-hybridized carbons (Fsp3) is 0.840. The van der Waals surface area contributed by atoms with Crippen LogP contribution in [-0.2, 0) is 19.1 Å². The Morgan fingerprint density at radius 3 is 2.00 bits per heavy atom. The number of carbonyl (C=O) groups excluding carboxylic acids is 2. The molecule has 0 aliphatic heterocycles. The van der Waals surface area contributed by atoms with Gasteiger partial charge in [-0.25, -0.2) is 4.79 Å². The van der Waals surface area contributed by atoms with E-state index in [4.69, 9.17) is 9.47 Å². The summed E-state index contributed by atoms with van der Waals surface area (Å²) >= 11 is 0. The van der Waals surface area contributed by atoms with Crippen molar-refractivity contribution in [1.29, 1.82) is 0 Å². The van der Waals surface area contributed by atoms with Crippen LogP contribution in [0.5, 0.6) is 0 Å². The Kier molecular flexibility index (Phi) is 6.66. The van der Waals surface area contributed by atoms with Crippen LogP contribution in [0.3, 0.4) is 0 Å². The molecule has 3 saturated carbocycles. The zero-order valence-electron chi connectivity index (χ0n) is 18.1. The van der Waals surface area contributed by atoms with Gasteiger partial charge in [0, 0.05) is 0 Å². The van der Waals surface area contributed by atoms with E-state index in [2.05, 4.69) is 19.1 Å².